The molecule has 4 heteroatoms. The van der Waals surface area contributed by atoms with Crippen LogP contribution in [0.1, 0.15) is 42.9 Å². The van der Waals surface area contributed by atoms with Crippen LogP contribution in [0, 0.1) is 18.3 Å². The van der Waals surface area contributed by atoms with Crippen LogP contribution in [-0.4, -0.2) is 18.9 Å². The van der Waals surface area contributed by atoms with Crippen molar-refractivity contribution in [1.82, 2.24) is 4.98 Å². The van der Waals surface area contributed by atoms with Crippen molar-refractivity contribution in [2.45, 2.75) is 63.8 Å². The van der Waals surface area contributed by atoms with E-state index in [1.807, 2.05) is 0 Å². The van der Waals surface area contributed by atoms with Crippen molar-refractivity contribution in [2.75, 3.05) is 0 Å². The first kappa shape index (κ1) is 16.3. The molecule has 1 N–H and O–H groups in total. The molecule has 1 heterocycles. The number of nitrogens with zero attached hydrogens (tertiary/aromatic N) is 1. The molecule has 2 aromatic rings. The smallest absolute Gasteiger partial charge is 0.185 e. The molecule has 0 bridgehead atoms. The fourth-order valence-corrected chi connectivity index (χ4v) is 5.51. The summed E-state index contributed by atoms with van der Waals surface area (Å²) in [6, 6.07) is 11.0. The van der Waals surface area contributed by atoms with Gasteiger partial charge in [-0.1, -0.05) is 18.2 Å². The third-order valence-electron chi connectivity index (χ3n) is 4.77. The number of benzene rings is 1. The zero-order chi connectivity index (χ0) is 16.7. The number of aryl methyl sites for hydroxylation is 1. The molecule has 1 aromatic heterocycles. The Labute approximate surface area is 139 Å². The van der Waals surface area contributed by atoms with Gasteiger partial charge in [-0.3, -0.25) is 0 Å². The van der Waals surface area contributed by atoms with E-state index in [1.165, 1.54) is 22.2 Å². The van der Waals surface area contributed by atoms with Gasteiger partial charge in [-0.2, -0.15) is 5.26 Å². The van der Waals surface area contributed by atoms with Gasteiger partial charge in [0.1, 0.15) is 5.60 Å². The molecule has 0 unspecified atom stereocenters. The highest BCUT2D eigenvalue weighted by Crippen LogP contribution is 2.44. The van der Waals surface area contributed by atoms with Crippen molar-refractivity contribution in [2.24, 2.45) is 0 Å². The van der Waals surface area contributed by atoms with Gasteiger partial charge >= 0.3 is 0 Å². The second-order valence-corrected chi connectivity index (χ2v) is 12.3. The fourth-order valence-electron chi connectivity index (χ4n) is 4.11. The van der Waals surface area contributed by atoms with Gasteiger partial charge in [0.2, 0.25) is 0 Å². The van der Waals surface area contributed by atoms with Crippen LogP contribution in [0.4, 0.5) is 0 Å². The Morgan fingerprint density at radius 2 is 2.04 bits per heavy atom. The number of para-hydroxylation sites is 1. The Morgan fingerprint density at radius 1 is 1.30 bits per heavy atom. The molecule has 0 saturated heterocycles. The zero-order valence-electron chi connectivity index (χ0n) is 14.6. The summed E-state index contributed by atoms with van der Waals surface area (Å²) < 4.78 is 6.36. The molecule has 0 amide bonds. The number of fused-ring (bicyclic) bond motifs is 1. The Morgan fingerprint density at radius 3 is 2.74 bits per heavy atom. The van der Waals surface area contributed by atoms with Crippen LogP contribution in [0.25, 0.3) is 10.9 Å². The van der Waals surface area contributed by atoms with E-state index in [2.05, 4.69) is 61.9 Å². The summed E-state index contributed by atoms with van der Waals surface area (Å²) in [7, 11) is -1.75. The average molecular weight is 327 g/mol. The van der Waals surface area contributed by atoms with E-state index in [0.717, 1.165) is 25.7 Å². The Kier molecular flexibility index (Phi) is 4.12. The van der Waals surface area contributed by atoms with Gasteiger partial charge in [0.05, 0.1) is 6.07 Å². The van der Waals surface area contributed by atoms with E-state index in [-0.39, 0.29) is 0 Å². The van der Waals surface area contributed by atoms with Gasteiger partial charge in [-0.25, -0.2) is 0 Å². The number of nitriles is 1. The summed E-state index contributed by atoms with van der Waals surface area (Å²) in [5.41, 5.74) is 3.22. The zero-order valence-corrected chi connectivity index (χ0v) is 15.6. The fraction of sp³-hybridized carbons (Fsp3) is 0.526. The van der Waals surface area contributed by atoms with Crippen molar-refractivity contribution < 1.29 is 4.43 Å². The quantitative estimate of drug-likeness (QED) is 0.783. The Balaban J connectivity index is 1.97. The molecular weight excluding hydrogens is 300 g/mol. The lowest BCUT2D eigenvalue weighted by Crippen LogP contribution is -2.44. The van der Waals surface area contributed by atoms with Gasteiger partial charge in [-0.05, 0) is 69.8 Å². The van der Waals surface area contributed by atoms with E-state index in [9.17, 15) is 5.26 Å². The molecule has 3 nitrogen and oxygen atoms in total. The summed E-state index contributed by atoms with van der Waals surface area (Å²) in [5, 5.41) is 11.1. The summed E-state index contributed by atoms with van der Waals surface area (Å²) >= 11 is 0. The highest BCUT2D eigenvalue weighted by molar-refractivity contribution is 6.69. The van der Waals surface area contributed by atoms with E-state index in [0.29, 0.717) is 5.92 Å². The lowest BCUT2D eigenvalue weighted by Gasteiger charge is -2.40. The van der Waals surface area contributed by atoms with Gasteiger partial charge in [0.15, 0.2) is 8.32 Å². The predicted octanol–water partition coefficient (Wildman–Crippen LogP) is 5.25. The summed E-state index contributed by atoms with van der Waals surface area (Å²) in [4.78, 5) is 3.50. The largest absolute Gasteiger partial charge is 0.400 e. The van der Waals surface area contributed by atoms with Crippen molar-refractivity contribution in [3.05, 3.63) is 35.5 Å². The van der Waals surface area contributed by atoms with Gasteiger partial charge in [-0.15, -0.1) is 0 Å². The van der Waals surface area contributed by atoms with Gasteiger partial charge in [0.25, 0.3) is 0 Å². The van der Waals surface area contributed by atoms with Gasteiger partial charge < -0.3 is 9.41 Å². The van der Waals surface area contributed by atoms with Crippen LogP contribution in [-0.2, 0) is 4.43 Å². The molecule has 1 aromatic carbocycles. The minimum atomic E-state index is -1.75. The number of hydrogen-bond donors (Lipinski definition) is 1. The third kappa shape index (κ3) is 3.22. The number of rotatable bonds is 3. The molecular formula is C19H26N2OSi. The average Bonchev–Trinajstić information content (AvgIpc) is 2.81. The maximum atomic E-state index is 9.84. The SMILES string of the molecule is Cc1[nH]c2ccccc2c1[C@H]1CCC[C@](C#N)(O[Si](C)(C)C)C1. The molecule has 23 heavy (non-hydrogen) atoms. The van der Waals surface area contributed by atoms with Crippen molar-refractivity contribution in [3.8, 4) is 6.07 Å². The highest BCUT2D eigenvalue weighted by atomic mass is 28.4. The first-order valence-electron chi connectivity index (χ1n) is 8.52. The Bertz CT molecular complexity index is 753. The molecule has 2 atom stereocenters. The summed E-state index contributed by atoms with van der Waals surface area (Å²) in [6.45, 7) is 8.67. The molecule has 1 aliphatic rings. The van der Waals surface area contributed by atoms with Crippen molar-refractivity contribution in [3.63, 3.8) is 0 Å². The first-order valence-corrected chi connectivity index (χ1v) is 11.9. The second-order valence-electron chi connectivity index (χ2n) is 7.82. The molecule has 1 saturated carbocycles. The second kappa shape index (κ2) is 5.81. The lowest BCUT2D eigenvalue weighted by atomic mass is 9.75. The highest BCUT2D eigenvalue weighted by Gasteiger charge is 2.42. The van der Waals surface area contributed by atoms with E-state index in [4.69, 9.17) is 4.43 Å². The number of H-pyrrole nitrogens is 1. The molecule has 3 rings (SSSR count). The minimum Gasteiger partial charge on any atom is -0.400 e. The van der Waals surface area contributed by atoms with Crippen LogP contribution in [0.3, 0.4) is 0 Å². The third-order valence-corrected chi connectivity index (χ3v) is 5.77. The lowest BCUT2D eigenvalue weighted by molar-refractivity contribution is 0.0681. The number of hydrogen-bond acceptors (Lipinski definition) is 2. The van der Waals surface area contributed by atoms with Crippen LogP contribution in [0.5, 0.6) is 0 Å². The molecule has 122 valence electrons. The molecule has 0 aliphatic heterocycles. The molecule has 1 aliphatic carbocycles. The van der Waals surface area contributed by atoms with Crippen LogP contribution < -0.4 is 0 Å². The maximum absolute atomic E-state index is 9.84. The molecule has 0 radical (unpaired) electrons. The normalized spacial score (nSPS) is 25.4. The maximum Gasteiger partial charge on any atom is 0.185 e. The van der Waals surface area contributed by atoms with Crippen LogP contribution in [0.15, 0.2) is 24.3 Å². The number of aromatic amines is 1. The Hall–Kier alpha value is -1.57. The van der Waals surface area contributed by atoms with E-state index in [1.54, 1.807) is 0 Å². The number of nitrogens with one attached hydrogen (secondary N) is 1. The molecule has 0 spiro atoms. The van der Waals surface area contributed by atoms with Crippen LogP contribution in [0.2, 0.25) is 19.6 Å². The topological polar surface area (TPSA) is 48.8 Å². The monoisotopic (exact) mass is 326 g/mol. The standard InChI is InChI=1S/C19H26N2OSi/c1-14-18(16-9-5-6-10-17(16)21-14)15-8-7-11-19(12-15,13-20)22-23(2,3)4/h5-6,9-10,15,21H,7-8,11-12H2,1-4H3/t15-,19-/m0/s1. The van der Waals surface area contributed by atoms with Gasteiger partial charge in [0, 0.05) is 16.6 Å². The van der Waals surface area contributed by atoms with Crippen molar-refractivity contribution >= 4 is 19.2 Å². The molecule has 1 fully saturated rings. The van der Waals surface area contributed by atoms with E-state index >= 15 is 0 Å². The summed E-state index contributed by atoms with van der Waals surface area (Å²) in [6.07, 6.45) is 3.88. The summed E-state index contributed by atoms with van der Waals surface area (Å²) in [5.74, 6) is 0.399. The number of aromatic nitrogens is 1. The van der Waals surface area contributed by atoms with Crippen molar-refractivity contribution in [1.29, 1.82) is 5.26 Å². The minimum absolute atomic E-state index is 0.399. The van der Waals surface area contributed by atoms with E-state index < -0.39 is 13.9 Å². The first-order chi connectivity index (χ1) is 10.8. The van der Waals surface area contributed by atoms with Crippen LogP contribution >= 0.6 is 0 Å². The predicted molar refractivity (Wildman–Crippen MR) is 97.0 cm³/mol.